The van der Waals surface area contributed by atoms with E-state index in [0.717, 1.165) is 11.8 Å². The molecule has 2 aromatic rings. The Kier molecular flexibility index (Phi) is 11.7. The minimum absolute atomic E-state index is 0.0154. The first-order valence-electron chi connectivity index (χ1n) is 20.2. The molecule has 7 rings (SSSR count). The molecule has 4 amide bonds. The number of hydrogen-bond acceptors (Lipinski definition) is 11. The number of nitrogens with zero attached hydrogens (tertiary/aromatic N) is 2. The second kappa shape index (κ2) is 16.3. The van der Waals surface area contributed by atoms with E-state index in [-0.39, 0.29) is 50.6 Å². The molecule has 3 aliphatic heterocycles. The fourth-order valence-corrected chi connectivity index (χ4v) is 10.1. The van der Waals surface area contributed by atoms with Gasteiger partial charge in [0.1, 0.15) is 46.5 Å². The van der Waals surface area contributed by atoms with Gasteiger partial charge in [-0.15, -0.1) is 0 Å². The van der Waals surface area contributed by atoms with E-state index in [2.05, 4.69) is 27.3 Å². The topological polar surface area (TPSA) is 192 Å². The zero-order valence-corrected chi connectivity index (χ0v) is 34.3. The molecule has 0 bridgehead atoms. The number of ether oxygens (including phenoxy) is 4. The number of rotatable bonds is 9. The lowest BCUT2D eigenvalue weighted by Gasteiger charge is -2.35. The zero-order chi connectivity index (χ0) is 41.5. The molecule has 3 N–H and O–H groups in total. The van der Waals surface area contributed by atoms with Crippen LogP contribution in [-0.2, 0) is 33.9 Å². The second-order valence-electron chi connectivity index (χ2n) is 17.1. The van der Waals surface area contributed by atoms with Gasteiger partial charge in [0.15, 0.2) is 0 Å². The first-order chi connectivity index (χ1) is 27.6. The number of carbonyl (C=O) groups is 4. The lowest BCUT2D eigenvalue weighted by Crippen LogP contribution is -2.59. The van der Waals surface area contributed by atoms with Crippen molar-refractivity contribution in [2.45, 2.75) is 113 Å². The SMILES string of the molecule is COc1cnc(OC2CC3C(=O)NC4(C(=O)NS(=O)(=O)C5(CF)CC5)CC4C=CCCC(C)CC(C)C(NC(=O)OC4(C)CCCOC4)C(=O)N3C2)c2ccccc12. The number of alkyl carbamates (subject to hydrolysis) is 1. The summed E-state index contributed by atoms with van der Waals surface area (Å²) in [6, 6.07) is 5.06. The van der Waals surface area contributed by atoms with Crippen LogP contribution in [-0.4, -0.2) is 110 Å². The van der Waals surface area contributed by atoms with Gasteiger partial charge < -0.3 is 34.5 Å². The summed E-state index contributed by atoms with van der Waals surface area (Å²) in [4.78, 5) is 62.9. The number of halogens is 1. The number of fused-ring (bicyclic) bond motifs is 3. The van der Waals surface area contributed by atoms with Crippen molar-refractivity contribution in [2.24, 2.45) is 17.8 Å². The van der Waals surface area contributed by atoms with E-state index < -0.39 is 86.4 Å². The number of nitrogens with one attached hydrogen (secondary N) is 3. The van der Waals surface area contributed by atoms with Gasteiger partial charge in [-0.2, -0.15) is 0 Å². The molecule has 2 saturated heterocycles. The van der Waals surface area contributed by atoms with Crippen LogP contribution in [0.3, 0.4) is 0 Å². The van der Waals surface area contributed by atoms with E-state index in [0.29, 0.717) is 43.4 Å². The Labute approximate surface area is 338 Å². The van der Waals surface area contributed by atoms with E-state index in [9.17, 15) is 32.0 Å². The van der Waals surface area contributed by atoms with Crippen LogP contribution < -0.4 is 24.8 Å². The molecule has 4 heterocycles. The Morgan fingerprint density at radius 2 is 1.88 bits per heavy atom. The molecular weight excluding hydrogens is 774 g/mol. The monoisotopic (exact) mass is 827 g/mol. The highest BCUT2D eigenvalue weighted by atomic mass is 32.2. The number of pyridine rings is 1. The van der Waals surface area contributed by atoms with E-state index in [1.807, 2.05) is 43.3 Å². The van der Waals surface area contributed by atoms with Gasteiger partial charge in [-0.25, -0.2) is 22.6 Å². The number of alkyl halides is 1. The summed E-state index contributed by atoms with van der Waals surface area (Å²) in [7, 11) is -2.86. The summed E-state index contributed by atoms with van der Waals surface area (Å²) in [5.41, 5.74) is -2.55. The van der Waals surface area contributed by atoms with Gasteiger partial charge in [0.25, 0.3) is 5.91 Å². The standard InChI is InChI=1S/C41H54FN5O10S/c1-25-10-5-6-11-27-20-41(27,37(50)46-58(52,53)40(23-42)15-16-40)45-34(48)31-19-28(56-35-30-13-8-7-12-29(30)32(54-4)21-43-35)22-47(31)36(49)33(26(2)18-25)44-38(51)57-39(3)14-9-17-55-24-39/h6-8,11-13,21,25-28,31,33H,5,9-10,14-20,22-24H2,1-4H3,(H,44,51)(H,45,48)(H,46,50). The molecule has 15 nitrogen and oxygen atoms in total. The summed E-state index contributed by atoms with van der Waals surface area (Å²) < 4.78 is 64.2. The highest BCUT2D eigenvalue weighted by molar-refractivity contribution is 7.91. The molecule has 8 unspecified atom stereocenters. The number of sulfonamides is 1. The number of benzene rings is 1. The van der Waals surface area contributed by atoms with Crippen molar-refractivity contribution in [3.63, 3.8) is 0 Å². The van der Waals surface area contributed by atoms with Crippen molar-refractivity contribution in [1.29, 1.82) is 0 Å². The summed E-state index contributed by atoms with van der Waals surface area (Å²) in [5, 5.41) is 7.08. The van der Waals surface area contributed by atoms with Crippen molar-refractivity contribution in [1.82, 2.24) is 25.2 Å². The number of carbonyl (C=O) groups excluding carboxylic acids is 4. The van der Waals surface area contributed by atoms with Gasteiger partial charge in [-0.05, 0) is 76.2 Å². The average molecular weight is 828 g/mol. The van der Waals surface area contributed by atoms with Gasteiger partial charge in [0.05, 0.1) is 26.5 Å². The predicted octanol–water partition coefficient (Wildman–Crippen LogP) is 4.09. The highest BCUT2D eigenvalue weighted by Crippen LogP contribution is 2.48. The summed E-state index contributed by atoms with van der Waals surface area (Å²) >= 11 is 0. The van der Waals surface area contributed by atoms with Crippen LogP contribution in [0.15, 0.2) is 42.6 Å². The Hall–Kier alpha value is -4.51. The normalized spacial score (nSPS) is 32.4. The van der Waals surface area contributed by atoms with Crippen LogP contribution in [0.5, 0.6) is 11.6 Å². The predicted molar refractivity (Wildman–Crippen MR) is 210 cm³/mol. The van der Waals surface area contributed by atoms with Crippen LogP contribution in [0.2, 0.25) is 0 Å². The van der Waals surface area contributed by atoms with Gasteiger partial charge in [0.2, 0.25) is 27.7 Å². The van der Waals surface area contributed by atoms with Gasteiger partial charge in [-0.3, -0.25) is 19.1 Å². The number of amides is 4. The second-order valence-corrected chi connectivity index (χ2v) is 19.2. The summed E-state index contributed by atoms with van der Waals surface area (Å²) in [6.45, 7) is 5.29. The van der Waals surface area contributed by atoms with Crippen LogP contribution >= 0.6 is 0 Å². The third-order valence-electron chi connectivity index (χ3n) is 12.5. The number of aromatic nitrogens is 1. The number of hydrogen-bond donors (Lipinski definition) is 3. The van der Waals surface area contributed by atoms with E-state index in [1.165, 1.54) is 18.2 Å². The van der Waals surface area contributed by atoms with Crippen molar-refractivity contribution < 1.29 is 50.9 Å². The lowest BCUT2D eigenvalue weighted by atomic mass is 9.88. The smallest absolute Gasteiger partial charge is 0.408 e. The molecule has 1 aromatic carbocycles. The molecule has 1 aromatic heterocycles. The fourth-order valence-electron chi connectivity index (χ4n) is 8.68. The van der Waals surface area contributed by atoms with Crippen molar-refractivity contribution in [3.8, 4) is 11.6 Å². The Bertz CT molecular complexity index is 2060. The Balaban J connectivity index is 1.21. The molecule has 0 radical (unpaired) electrons. The molecule has 58 heavy (non-hydrogen) atoms. The molecule has 4 fully saturated rings. The maximum Gasteiger partial charge on any atom is 0.408 e. The van der Waals surface area contributed by atoms with E-state index in [4.69, 9.17) is 18.9 Å². The summed E-state index contributed by atoms with van der Waals surface area (Å²) in [6.07, 6.45) is 7.16. The Morgan fingerprint density at radius 3 is 2.57 bits per heavy atom. The van der Waals surface area contributed by atoms with Gasteiger partial charge in [-0.1, -0.05) is 44.2 Å². The molecule has 2 saturated carbocycles. The maximum absolute atomic E-state index is 14.9. The number of allylic oxidation sites excluding steroid dienone is 1. The quantitative estimate of drug-likeness (QED) is 0.309. The third-order valence-corrected chi connectivity index (χ3v) is 14.6. The van der Waals surface area contributed by atoms with Crippen molar-refractivity contribution in [2.75, 3.05) is 33.5 Å². The van der Waals surface area contributed by atoms with E-state index in [1.54, 1.807) is 6.92 Å². The average Bonchev–Trinajstić information content (AvgIpc) is 4.10. The molecule has 2 aliphatic carbocycles. The molecule has 8 atom stereocenters. The zero-order valence-electron chi connectivity index (χ0n) is 33.5. The molecule has 0 spiro atoms. The van der Waals surface area contributed by atoms with Crippen molar-refractivity contribution in [3.05, 3.63) is 42.6 Å². The first-order valence-corrected chi connectivity index (χ1v) is 21.7. The first kappa shape index (κ1) is 41.6. The van der Waals surface area contributed by atoms with Crippen LogP contribution in [0.1, 0.15) is 78.6 Å². The molecule has 17 heteroatoms. The molecule has 316 valence electrons. The fraction of sp³-hybridized carbons (Fsp3) is 0.634. The maximum atomic E-state index is 14.9. The van der Waals surface area contributed by atoms with Crippen LogP contribution in [0.25, 0.3) is 10.8 Å². The lowest BCUT2D eigenvalue weighted by molar-refractivity contribution is -0.142. The Morgan fingerprint density at radius 1 is 1.12 bits per heavy atom. The van der Waals surface area contributed by atoms with E-state index >= 15 is 0 Å². The van der Waals surface area contributed by atoms with Crippen molar-refractivity contribution >= 4 is 44.6 Å². The van der Waals surface area contributed by atoms with Crippen LogP contribution in [0, 0.1) is 17.8 Å². The highest BCUT2D eigenvalue weighted by Gasteiger charge is 2.64. The molecule has 5 aliphatic rings. The van der Waals surface area contributed by atoms with Gasteiger partial charge in [0, 0.05) is 29.7 Å². The summed E-state index contributed by atoms with van der Waals surface area (Å²) in [5.74, 6) is -2.24. The minimum atomic E-state index is -4.39. The molecular formula is C41H54FN5O10S. The number of methoxy groups -OCH3 is 1. The minimum Gasteiger partial charge on any atom is -0.494 e. The van der Waals surface area contributed by atoms with Crippen LogP contribution in [0.4, 0.5) is 9.18 Å². The van der Waals surface area contributed by atoms with Gasteiger partial charge >= 0.3 is 6.09 Å². The largest absolute Gasteiger partial charge is 0.494 e. The third kappa shape index (κ3) is 8.34.